The number of Topliss-reactive ketones (excluding diaryl/α,β-unsaturated/α-hetero) is 1. The number of para-hydroxylation sites is 2. The molecule has 9 heteroatoms. The van der Waals surface area contributed by atoms with E-state index in [9.17, 15) is 22.8 Å². The van der Waals surface area contributed by atoms with Crippen LogP contribution in [0, 0.1) is 11.3 Å². The van der Waals surface area contributed by atoms with Gasteiger partial charge >= 0.3 is 12.1 Å². The molecule has 0 fully saturated rings. The van der Waals surface area contributed by atoms with Gasteiger partial charge in [0.25, 0.3) is 0 Å². The molecule has 1 amide bonds. The normalized spacial score (nSPS) is 21.4. The molecule has 0 bridgehead atoms. The zero-order valence-electron chi connectivity index (χ0n) is 19.2. The Hall–Kier alpha value is -3.49. The van der Waals surface area contributed by atoms with Gasteiger partial charge in [0.05, 0.1) is 37.6 Å². The lowest BCUT2D eigenvalue weighted by atomic mass is 9.72. The van der Waals surface area contributed by atoms with E-state index < -0.39 is 29.5 Å². The number of nitrogens with one attached hydrogen (secondary N) is 1. The summed E-state index contributed by atoms with van der Waals surface area (Å²) in [5.74, 6) is -2.84. The molecular formula is C25H25F3N2O4. The van der Waals surface area contributed by atoms with Crippen LogP contribution in [-0.2, 0) is 9.59 Å². The van der Waals surface area contributed by atoms with Crippen molar-refractivity contribution >= 4 is 23.1 Å². The van der Waals surface area contributed by atoms with Crippen molar-refractivity contribution < 1.29 is 32.2 Å². The van der Waals surface area contributed by atoms with Crippen LogP contribution in [0.3, 0.4) is 0 Å². The van der Waals surface area contributed by atoms with E-state index in [1.165, 1.54) is 26.4 Å². The zero-order chi connectivity index (χ0) is 24.8. The van der Waals surface area contributed by atoms with Gasteiger partial charge in [0.2, 0.25) is 0 Å². The summed E-state index contributed by atoms with van der Waals surface area (Å²) in [5, 5.41) is 3.16. The topological polar surface area (TPSA) is 67.9 Å². The molecule has 180 valence electrons. The Morgan fingerprint density at radius 2 is 1.82 bits per heavy atom. The third kappa shape index (κ3) is 4.10. The van der Waals surface area contributed by atoms with Crippen molar-refractivity contribution in [1.29, 1.82) is 0 Å². The fourth-order valence-corrected chi connectivity index (χ4v) is 4.76. The van der Waals surface area contributed by atoms with Crippen molar-refractivity contribution in [3.63, 3.8) is 0 Å². The van der Waals surface area contributed by atoms with E-state index >= 15 is 0 Å². The first-order chi connectivity index (χ1) is 16.0. The van der Waals surface area contributed by atoms with Crippen LogP contribution in [0.25, 0.3) is 0 Å². The number of fused-ring (bicyclic) bond motifs is 2. The molecule has 4 rings (SSSR count). The molecule has 0 saturated heterocycles. The van der Waals surface area contributed by atoms with Crippen LogP contribution < -0.4 is 19.7 Å². The molecular weight excluding hydrogens is 449 g/mol. The fraction of sp³-hybridized carbons (Fsp3) is 0.360. The molecule has 2 aromatic rings. The van der Waals surface area contributed by atoms with Gasteiger partial charge in [0.15, 0.2) is 0 Å². The molecule has 0 saturated carbocycles. The number of amides is 1. The van der Waals surface area contributed by atoms with Gasteiger partial charge in [-0.1, -0.05) is 32.1 Å². The van der Waals surface area contributed by atoms with Gasteiger partial charge in [-0.3, -0.25) is 14.5 Å². The molecule has 0 aromatic heterocycles. The number of ketones is 1. The smallest absolute Gasteiger partial charge is 0.471 e. The highest BCUT2D eigenvalue weighted by Crippen LogP contribution is 2.51. The number of anilines is 2. The van der Waals surface area contributed by atoms with Crippen molar-refractivity contribution in [1.82, 2.24) is 0 Å². The van der Waals surface area contributed by atoms with Gasteiger partial charge in [-0.2, -0.15) is 13.2 Å². The minimum atomic E-state index is -5.18. The number of methoxy groups -OCH3 is 2. The maximum absolute atomic E-state index is 14.0. The SMILES string of the molecule is COc1ccc(OC)c(C2C3C(=O)CC(C)(C)C=C3Nc3ccccc3N2C(=O)C(F)(F)F)c1. The predicted molar refractivity (Wildman–Crippen MR) is 121 cm³/mol. The summed E-state index contributed by atoms with van der Waals surface area (Å²) >= 11 is 0. The van der Waals surface area contributed by atoms with E-state index in [1.54, 1.807) is 30.3 Å². The second-order valence-electron chi connectivity index (χ2n) is 9.08. The first-order valence-electron chi connectivity index (χ1n) is 10.7. The van der Waals surface area contributed by atoms with E-state index in [2.05, 4.69) is 5.32 Å². The summed E-state index contributed by atoms with van der Waals surface area (Å²) in [6, 6.07) is 9.55. The molecule has 0 spiro atoms. The fourth-order valence-electron chi connectivity index (χ4n) is 4.76. The lowest BCUT2D eigenvalue weighted by Gasteiger charge is -2.39. The Morgan fingerprint density at radius 3 is 2.47 bits per heavy atom. The monoisotopic (exact) mass is 474 g/mol. The first kappa shape index (κ1) is 23.7. The highest BCUT2D eigenvalue weighted by Gasteiger charge is 2.52. The molecule has 6 nitrogen and oxygen atoms in total. The second-order valence-corrected chi connectivity index (χ2v) is 9.08. The minimum absolute atomic E-state index is 0.0144. The second kappa shape index (κ2) is 8.38. The van der Waals surface area contributed by atoms with Crippen LogP contribution >= 0.6 is 0 Å². The van der Waals surface area contributed by atoms with Gasteiger partial charge in [-0.25, -0.2) is 0 Å². The van der Waals surface area contributed by atoms with Gasteiger partial charge in [-0.15, -0.1) is 0 Å². The Labute approximate surface area is 195 Å². The summed E-state index contributed by atoms with van der Waals surface area (Å²) in [6.07, 6.45) is -3.21. The summed E-state index contributed by atoms with van der Waals surface area (Å²) in [4.78, 5) is 27.2. The third-order valence-electron chi connectivity index (χ3n) is 6.11. The van der Waals surface area contributed by atoms with Crippen molar-refractivity contribution in [2.75, 3.05) is 24.4 Å². The molecule has 2 aliphatic rings. The summed E-state index contributed by atoms with van der Waals surface area (Å²) in [6.45, 7) is 3.76. The number of hydrogen-bond donors (Lipinski definition) is 1. The number of alkyl halides is 3. The highest BCUT2D eigenvalue weighted by molar-refractivity contribution is 6.03. The van der Waals surface area contributed by atoms with Gasteiger partial charge < -0.3 is 14.8 Å². The predicted octanol–water partition coefficient (Wildman–Crippen LogP) is 5.27. The average molecular weight is 474 g/mol. The lowest BCUT2D eigenvalue weighted by molar-refractivity contribution is -0.171. The Bertz CT molecular complexity index is 1170. The summed E-state index contributed by atoms with van der Waals surface area (Å²) in [5.41, 5.74) is 0.478. The van der Waals surface area contributed by atoms with Crippen molar-refractivity contribution in [2.45, 2.75) is 32.5 Å². The van der Waals surface area contributed by atoms with Crippen LogP contribution in [0.5, 0.6) is 11.5 Å². The Balaban J connectivity index is 2.08. The van der Waals surface area contributed by atoms with E-state index in [0.717, 1.165) is 0 Å². The molecule has 1 aliphatic carbocycles. The number of benzene rings is 2. The third-order valence-corrected chi connectivity index (χ3v) is 6.11. The van der Waals surface area contributed by atoms with Crippen LogP contribution in [0.4, 0.5) is 24.5 Å². The number of rotatable bonds is 3. The number of halogens is 3. The number of carbonyl (C=O) groups is 2. The number of hydrogen-bond acceptors (Lipinski definition) is 5. The van der Waals surface area contributed by atoms with Crippen LogP contribution in [0.2, 0.25) is 0 Å². The van der Waals surface area contributed by atoms with E-state index in [-0.39, 0.29) is 29.2 Å². The van der Waals surface area contributed by atoms with Gasteiger partial charge in [0, 0.05) is 17.7 Å². The van der Waals surface area contributed by atoms with Gasteiger partial charge in [-0.05, 0) is 35.7 Å². The van der Waals surface area contributed by atoms with Gasteiger partial charge in [0.1, 0.15) is 17.3 Å². The highest BCUT2D eigenvalue weighted by atomic mass is 19.4. The number of ether oxygens (including phenoxy) is 2. The number of carbonyl (C=O) groups excluding carboxylic acids is 2. The molecule has 1 N–H and O–H groups in total. The zero-order valence-corrected chi connectivity index (χ0v) is 19.2. The van der Waals surface area contributed by atoms with Crippen molar-refractivity contribution in [3.8, 4) is 11.5 Å². The molecule has 0 radical (unpaired) electrons. The van der Waals surface area contributed by atoms with E-state index in [0.29, 0.717) is 22.0 Å². The molecule has 1 heterocycles. The number of allylic oxidation sites excluding steroid dienone is 1. The average Bonchev–Trinajstić information content (AvgIpc) is 2.90. The maximum Gasteiger partial charge on any atom is 0.471 e. The summed E-state index contributed by atoms with van der Waals surface area (Å²) in [7, 11) is 2.81. The molecule has 2 unspecified atom stereocenters. The molecule has 2 atom stereocenters. The lowest BCUT2D eigenvalue weighted by Crippen LogP contribution is -2.48. The van der Waals surface area contributed by atoms with Crippen LogP contribution in [0.1, 0.15) is 31.9 Å². The van der Waals surface area contributed by atoms with Crippen LogP contribution in [-0.4, -0.2) is 32.1 Å². The maximum atomic E-state index is 14.0. The first-order valence-corrected chi connectivity index (χ1v) is 10.7. The number of nitrogens with zero attached hydrogens (tertiary/aromatic N) is 1. The largest absolute Gasteiger partial charge is 0.497 e. The van der Waals surface area contributed by atoms with Crippen molar-refractivity contribution in [3.05, 3.63) is 59.8 Å². The quantitative estimate of drug-likeness (QED) is 0.657. The molecule has 34 heavy (non-hydrogen) atoms. The van der Waals surface area contributed by atoms with Crippen LogP contribution in [0.15, 0.2) is 54.2 Å². The molecule has 2 aromatic carbocycles. The Kier molecular flexibility index (Phi) is 5.83. The van der Waals surface area contributed by atoms with E-state index in [4.69, 9.17) is 9.47 Å². The molecule has 1 aliphatic heterocycles. The standard InChI is InChI=1S/C25H25F3N2O4/c1-24(2)12-17-21(19(31)13-24)22(15-11-14(33-3)9-10-20(15)34-4)30(23(32)25(26,27)28)18-8-6-5-7-16(18)29-17/h5-12,21-22,29H,13H2,1-4H3. The van der Waals surface area contributed by atoms with Crippen molar-refractivity contribution in [2.24, 2.45) is 11.3 Å². The Morgan fingerprint density at radius 1 is 1.12 bits per heavy atom. The van der Waals surface area contributed by atoms with E-state index in [1.807, 2.05) is 19.9 Å². The summed E-state index contributed by atoms with van der Waals surface area (Å²) < 4.78 is 52.6. The minimum Gasteiger partial charge on any atom is -0.497 e.